The van der Waals surface area contributed by atoms with E-state index in [1.54, 1.807) is 7.11 Å². The highest BCUT2D eigenvalue weighted by Gasteiger charge is 2.19. The summed E-state index contributed by atoms with van der Waals surface area (Å²) in [6.07, 6.45) is 2.12. The van der Waals surface area contributed by atoms with Crippen molar-refractivity contribution in [2.45, 2.75) is 25.8 Å². The Morgan fingerprint density at radius 1 is 1.55 bits per heavy atom. The fourth-order valence-corrected chi connectivity index (χ4v) is 2.62. The van der Waals surface area contributed by atoms with Crippen molar-refractivity contribution in [2.24, 2.45) is 0 Å². The van der Waals surface area contributed by atoms with Gasteiger partial charge in [-0.05, 0) is 37.5 Å². The van der Waals surface area contributed by atoms with Gasteiger partial charge in [0.1, 0.15) is 0 Å². The smallest absolute Gasteiger partial charge is 0.239 e. The lowest BCUT2D eigenvalue weighted by Crippen LogP contribution is -2.44. The second-order valence-electron chi connectivity index (χ2n) is 5.34. The summed E-state index contributed by atoms with van der Waals surface area (Å²) in [5, 5.41) is 2.94. The molecule has 1 aliphatic rings. The average molecular weight is 277 g/mol. The maximum absolute atomic E-state index is 12.1. The Labute approximate surface area is 120 Å². The number of rotatable bonds is 5. The van der Waals surface area contributed by atoms with Crippen LogP contribution in [0.3, 0.4) is 0 Å². The lowest BCUT2D eigenvalue weighted by atomic mass is 10.0. The summed E-state index contributed by atoms with van der Waals surface area (Å²) in [4.78, 5) is 14.2. The van der Waals surface area contributed by atoms with Crippen molar-refractivity contribution in [2.75, 3.05) is 37.4 Å². The molecule has 0 bridgehead atoms. The van der Waals surface area contributed by atoms with Gasteiger partial charge in [-0.1, -0.05) is 6.07 Å². The molecule has 20 heavy (non-hydrogen) atoms. The Balaban J connectivity index is 2.01. The molecule has 2 rings (SSSR count). The molecule has 1 aromatic rings. The van der Waals surface area contributed by atoms with E-state index in [9.17, 15) is 4.79 Å². The number of fused-ring (bicyclic) bond motifs is 1. The predicted octanol–water partition coefficient (Wildman–Crippen LogP) is 1.17. The van der Waals surface area contributed by atoms with E-state index >= 15 is 0 Å². The van der Waals surface area contributed by atoms with Crippen molar-refractivity contribution < 1.29 is 9.53 Å². The number of benzene rings is 1. The third-order valence-electron chi connectivity index (χ3n) is 3.48. The number of anilines is 2. The lowest BCUT2D eigenvalue weighted by Gasteiger charge is -2.31. The first-order chi connectivity index (χ1) is 9.60. The summed E-state index contributed by atoms with van der Waals surface area (Å²) in [5.41, 5.74) is 8.95. The predicted molar refractivity (Wildman–Crippen MR) is 80.9 cm³/mol. The quantitative estimate of drug-likeness (QED) is 0.793. The van der Waals surface area contributed by atoms with Crippen molar-refractivity contribution in [3.8, 4) is 0 Å². The van der Waals surface area contributed by atoms with E-state index in [4.69, 9.17) is 10.5 Å². The first-order valence-electron chi connectivity index (χ1n) is 7.02. The standard InChI is InChI=1S/C15H23N3O2/c1-11(10-20-2)17-15(19)9-18-7-3-4-12-5-6-13(16)8-14(12)18/h5-6,8,11H,3-4,7,9-10,16H2,1-2H3,(H,17,19). The van der Waals surface area contributed by atoms with Crippen LogP contribution in [0.4, 0.5) is 11.4 Å². The molecule has 5 nitrogen and oxygen atoms in total. The van der Waals surface area contributed by atoms with Crippen LogP contribution in [0.15, 0.2) is 18.2 Å². The number of ether oxygens (including phenoxy) is 1. The number of amides is 1. The molecule has 0 spiro atoms. The van der Waals surface area contributed by atoms with Gasteiger partial charge in [0, 0.05) is 31.1 Å². The summed E-state index contributed by atoms with van der Waals surface area (Å²) < 4.78 is 5.02. The Morgan fingerprint density at radius 2 is 2.35 bits per heavy atom. The first kappa shape index (κ1) is 14.7. The second-order valence-corrected chi connectivity index (χ2v) is 5.34. The normalized spacial score (nSPS) is 15.6. The highest BCUT2D eigenvalue weighted by Crippen LogP contribution is 2.28. The van der Waals surface area contributed by atoms with E-state index in [0.29, 0.717) is 13.2 Å². The van der Waals surface area contributed by atoms with E-state index < -0.39 is 0 Å². The van der Waals surface area contributed by atoms with Crippen LogP contribution in [0.2, 0.25) is 0 Å². The lowest BCUT2D eigenvalue weighted by molar-refractivity contribution is -0.120. The van der Waals surface area contributed by atoms with Gasteiger partial charge >= 0.3 is 0 Å². The number of hydrogen-bond donors (Lipinski definition) is 2. The summed E-state index contributed by atoms with van der Waals surface area (Å²) in [7, 11) is 1.63. The van der Waals surface area contributed by atoms with E-state index in [0.717, 1.165) is 30.8 Å². The molecule has 110 valence electrons. The minimum atomic E-state index is 0.0184. The van der Waals surface area contributed by atoms with E-state index in [1.165, 1.54) is 5.56 Å². The number of methoxy groups -OCH3 is 1. The van der Waals surface area contributed by atoms with Gasteiger partial charge in [-0.15, -0.1) is 0 Å². The largest absolute Gasteiger partial charge is 0.399 e. The highest BCUT2D eigenvalue weighted by molar-refractivity contribution is 5.82. The van der Waals surface area contributed by atoms with Crippen LogP contribution in [0, 0.1) is 0 Å². The number of nitrogens with two attached hydrogens (primary N) is 1. The third kappa shape index (κ3) is 3.63. The number of nitrogen functional groups attached to an aromatic ring is 1. The van der Waals surface area contributed by atoms with Gasteiger partial charge in [0.2, 0.25) is 5.91 Å². The summed E-state index contributed by atoms with van der Waals surface area (Å²) in [6.45, 7) is 3.71. The molecule has 1 heterocycles. The zero-order chi connectivity index (χ0) is 14.5. The molecule has 1 unspecified atom stereocenters. The molecule has 1 aliphatic heterocycles. The monoisotopic (exact) mass is 277 g/mol. The van der Waals surface area contributed by atoms with Crippen LogP contribution in [0.25, 0.3) is 0 Å². The maximum Gasteiger partial charge on any atom is 0.239 e. The minimum Gasteiger partial charge on any atom is -0.399 e. The SMILES string of the molecule is COCC(C)NC(=O)CN1CCCc2ccc(N)cc21. The highest BCUT2D eigenvalue weighted by atomic mass is 16.5. The van der Waals surface area contributed by atoms with Crippen LogP contribution in [-0.4, -0.2) is 38.8 Å². The zero-order valence-electron chi connectivity index (χ0n) is 12.2. The van der Waals surface area contributed by atoms with Gasteiger partial charge in [-0.25, -0.2) is 0 Å². The van der Waals surface area contributed by atoms with Crippen molar-refractivity contribution in [1.29, 1.82) is 0 Å². The number of aryl methyl sites for hydroxylation is 1. The summed E-state index contributed by atoms with van der Waals surface area (Å²) in [6, 6.07) is 5.96. The number of hydrogen-bond acceptors (Lipinski definition) is 4. The molecule has 3 N–H and O–H groups in total. The van der Waals surface area contributed by atoms with Crippen molar-refractivity contribution in [3.63, 3.8) is 0 Å². The Hall–Kier alpha value is -1.75. The molecular weight excluding hydrogens is 254 g/mol. The summed E-state index contributed by atoms with van der Waals surface area (Å²) in [5.74, 6) is 0.0184. The van der Waals surface area contributed by atoms with Gasteiger partial charge in [0.15, 0.2) is 0 Å². The van der Waals surface area contributed by atoms with Gasteiger partial charge in [-0.2, -0.15) is 0 Å². The van der Waals surface area contributed by atoms with Crippen molar-refractivity contribution in [3.05, 3.63) is 23.8 Å². The zero-order valence-corrected chi connectivity index (χ0v) is 12.2. The molecule has 1 aromatic carbocycles. The number of carbonyl (C=O) groups is 1. The molecule has 0 saturated heterocycles. The summed E-state index contributed by atoms with van der Waals surface area (Å²) >= 11 is 0. The topological polar surface area (TPSA) is 67.6 Å². The van der Waals surface area contributed by atoms with Crippen LogP contribution in [-0.2, 0) is 16.0 Å². The average Bonchev–Trinajstić information content (AvgIpc) is 2.39. The number of nitrogens with one attached hydrogen (secondary N) is 1. The molecule has 0 saturated carbocycles. The van der Waals surface area contributed by atoms with E-state index in [-0.39, 0.29) is 11.9 Å². The Morgan fingerprint density at radius 3 is 3.10 bits per heavy atom. The van der Waals surface area contributed by atoms with Crippen LogP contribution < -0.4 is 16.0 Å². The maximum atomic E-state index is 12.1. The number of nitrogens with zero attached hydrogens (tertiary/aromatic N) is 1. The fourth-order valence-electron chi connectivity index (χ4n) is 2.62. The fraction of sp³-hybridized carbons (Fsp3) is 0.533. The van der Waals surface area contributed by atoms with Crippen molar-refractivity contribution >= 4 is 17.3 Å². The van der Waals surface area contributed by atoms with Gasteiger partial charge < -0.3 is 20.7 Å². The Kier molecular flexibility index (Phi) is 4.84. The van der Waals surface area contributed by atoms with Gasteiger partial charge in [0.05, 0.1) is 13.2 Å². The molecule has 0 fully saturated rings. The molecule has 0 radical (unpaired) electrons. The molecule has 5 heteroatoms. The van der Waals surface area contributed by atoms with Crippen LogP contribution >= 0.6 is 0 Å². The molecule has 0 aromatic heterocycles. The van der Waals surface area contributed by atoms with Gasteiger partial charge in [-0.3, -0.25) is 4.79 Å². The van der Waals surface area contributed by atoms with Gasteiger partial charge in [0.25, 0.3) is 0 Å². The molecule has 0 aliphatic carbocycles. The minimum absolute atomic E-state index is 0.0184. The molecule has 1 amide bonds. The van der Waals surface area contributed by atoms with Crippen LogP contribution in [0.1, 0.15) is 18.9 Å². The molecular formula is C15H23N3O2. The van der Waals surface area contributed by atoms with Crippen molar-refractivity contribution in [1.82, 2.24) is 5.32 Å². The molecule has 1 atom stereocenters. The second kappa shape index (κ2) is 6.61. The number of carbonyl (C=O) groups excluding carboxylic acids is 1. The van der Waals surface area contributed by atoms with E-state index in [2.05, 4.69) is 16.3 Å². The van der Waals surface area contributed by atoms with Crippen LogP contribution in [0.5, 0.6) is 0 Å². The first-order valence-corrected chi connectivity index (χ1v) is 7.02. The third-order valence-corrected chi connectivity index (χ3v) is 3.48. The Bertz CT molecular complexity index is 476. The van der Waals surface area contributed by atoms with E-state index in [1.807, 2.05) is 19.1 Å².